The van der Waals surface area contributed by atoms with Gasteiger partial charge in [-0.25, -0.2) is 0 Å². The first-order valence-corrected chi connectivity index (χ1v) is 7.43. The summed E-state index contributed by atoms with van der Waals surface area (Å²) in [6, 6.07) is 16.4. The van der Waals surface area contributed by atoms with Crippen LogP contribution in [0.25, 0.3) is 10.8 Å². The van der Waals surface area contributed by atoms with E-state index in [1.165, 1.54) is 15.6 Å². The Hall–Kier alpha value is -2.13. The van der Waals surface area contributed by atoms with E-state index in [2.05, 4.69) is 18.2 Å². The number of carbonyl (C=O) groups excluding carboxylic acids is 1. The Morgan fingerprint density at radius 3 is 2.75 bits per heavy atom. The van der Waals surface area contributed by atoms with Gasteiger partial charge in [-0.2, -0.15) is 0 Å². The second-order valence-corrected chi connectivity index (χ2v) is 5.89. The van der Waals surface area contributed by atoms with Crippen molar-refractivity contribution in [1.82, 2.24) is 0 Å². The van der Waals surface area contributed by atoms with E-state index in [9.17, 15) is 4.79 Å². The zero-order valence-corrected chi connectivity index (χ0v) is 11.5. The number of carbonyl (C=O) groups is 1. The molecule has 3 aromatic rings. The molecule has 0 fully saturated rings. The number of aldehydes is 1. The monoisotopic (exact) mass is 280 g/mol. The van der Waals surface area contributed by atoms with E-state index >= 15 is 0 Å². The van der Waals surface area contributed by atoms with Crippen LogP contribution in [0.2, 0.25) is 0 Å². The van der Waals surface area contributed by atoms with Crippen LogP contribution in [0.5, 0.6) is 5.75 Å². The molecule has 1 aliphatic heterocycles. The van der Waals surface area contributed by atoms with Gasteiger partial charge in [0.25, 0.3) is 0 Å². The van der Waals surface area contributed by atoms with E-state index in [1.54, 1.807) is 11.3 Å². The van der Waals surface area contributed by atoms with E-state index in [-0.39, 0.29) is 5.92 Å². The smallest absolute Gasteiger partial charge is 0.165 e. The molecule has 0 bridgehead atoms. The van der Waals surface area contributed by atoms with Crippen molar-refractivity contribution >= 4 is 28.4 Å². The molecular formula is C17H12O2S. The van der Waals surface area contributed by atoms with E-state index < -0.39 is 6.10 Å². The highest BCUT2D eigenvalue weighted by Gasteiger charge is 2.37. The van der Waals surface area contributed by atoms with Gasteiger partial charge in [-0.05, 0) is 28.3 Å². The first-order valence-electron chi connectivity index (χ1n) is 6.55. The summed E-state index contributed by atoms with van der Waals surface area (Å²) in [4.78, 5) is 12.6. The van der Waals surface area contributed by atoms with Crippen LogP contribution in [-0.2, 0) is 4.79 Å². The van der Waals surface area contributed by atoms with Gasteiger partial charge in [0.15, 0.2) is 12.4 Å². The third kappa shape index (κ3) is 1.60. The lowest BCUT2D eigenvalue weighted by Crippen LogP contribution is -2.20. The predicted octanol–water partition coefficient (Wildman–Crippen LogP) is 3.99. The van der Waals surface area contributed by atoms with Gasteiger partial charge in [-0.3, -0.25) is 4.79 Å². The zero-order valence-electron chi connectivity index (χ0n) is 10.7. The molecule has 0 amide bonds. The average molecular weight is 280 g/mol. The van der Waals surface area contributed by atoms with Gasteiger partial charge in [-0.1, -0.05) is 36.4 Å². The van der Waals surface area contributed by atoms with Crippen LogP contribution in [0.1, 0.15) is 16.4 Å². The molecule has 4 rings (SSSR count). The lowest BCUT2D eigenvalue weighted by atomic mass is 9.90. The Morgan fingerprint density at radius 1 is 1.05 bits per heavy atom. The summed E-state index contributed by atoms with van der Waals surface area (Å²) in [5, 5.41) is 4.40. The van der Waals surface area contributed by atoms with Crippen molar-refractivity contribution in [2.24, 2.45) is 0 Å². The molecule has 2 unspecified atom stereocenters. The molecule has 2 atom stereocenters. The fraction of sp³-hybridized carbons (Fsp3) is 0.118. The highest BCUT2D eigenvalue weighted by Crippen LogP contribution is 2.46. The summed E-state index contributed by atoms with van der Waals surface area (Å²) >= 11 is 1.67. The van der Waals surface area contributed by atoms with Crippen LogP contribution in [0.3, 0.4) is 0 Å². The van der Waals surface area contributed by atoms with Crippen molar-refractivity contribution in [3.05, 3.63) is 64.4 Å². The molecule has 20 heavy (non-hydrogen) atoms. The number of rotatable bonds is 2. The first-order chi connectivity index (χ1) is 9.88. The van der Waals surface area contributed by atoms with Crippen molar-refractivity contribution in [2.75, 3.05) is 0 Å². The van der Waals surface area contributed by atoms with Gasteiger partial charge < -0.3 is 4.74 Å². The topological polar surface area (TPSA) is 26.3 Å². The Labute approximate surface area is 120 Å². The summed E-state index contributed by atoms with van der Waals surface area (Å²) in [7, 11) is 0. The quantitative estimate of drug-likeness (QED) is 0.663. The minimum atomic E-state index is -0.422. The van der Waals surface area contributed by atoms with Gasteiger partial charge in [0.2, 0.25) is 0 Å². The zero-order chi connectivity index (χ0) is 13.5. The molecule has 2 aromatic carbocycles. The molecule has 0 radical (unpaired) electrons. The van der Waals surface area contributed by atoms with Crippen molar-refractivity contribution in [1.29, 1.82) is 0 Å². The molecule has 0 saturated heterocycles. The number of ether oxygens (including phenoxy) is 1. The summed E-state index contributed by atoms with van der Waals surface area (Å²) in [6.07, 6.45) is 0.494. The van der Waals surface area contributed by atoms with Gasteiger partial charge >= 0.3 is 0 Å². The standard InChI is InChI=1S/C17H12O2S/c18-10-14-17(15-6-3-9-20-15)16-12-5-2-1-4-11(12)7-8-13(16)19-14/h1-10,14,17H. The number of fused-ring (bicyclic) bond motifs is 3. The Kier molecular flexibility index (Phi) is 2.60. The van der Waals surface area contributed by atoms with Crippen molar-refractivity contribution in [2.45, 2.75) is 12.0 Å². The minimum Gasteiger partial charge on any atom is -0.482 e. The third-order valence-corrected chi connectivity index (χ3v) is 4.77. The maximum Gasteiger partial charge on any atom is 0.165 e. The molecule has 2 nitrogen and oxygen atoms in total. The normalized spacial score (nSPS) is 20.6. The summed E-state index contributed by atoms with van der Waals surface area (Å²) in [5.74, 6) is 0.841. The molecule has 98 valence electrons. The molecule has 0 saturated carbocycles. The molecule has 2 heterocycles. The maximum atomic E-state index is 11.4. The first kappa shape index (κ1) is 11.7. The maximum absolute atomic E-state index is 11.4. The van der Waals surface area contributed by atoms with E-state index in [0.29, 0.717) is 0 Å². The van der Waals surface area contributed by atoms with Crippen molar-refractivity contribution in [3.63, 3.8) is 0 Å². The van der Waals surface area contributed by atoms with Gasteiger partial charge in [0.1, 0.15) is 5.75 Å². The fourth-order valence-corrected chi connectivity index (χ4v) is 3.83. The van der Waals surface area contributed by atoms with Crippen LogP contribution in [0.4, 0.5) is 0 Å². The lowest BCUT2D eigenvalue weighted by molar-refractivity contribution is -0.113. The number of hydrogen-bond donors (Lipinski definition) is 0. The molecule has 3 heteroatoms. The number of thiophene rings is 1. The highest BCUT2D eigenvalue weighted by atomic mass is 32.1. The van der Waals surface area contributed by atoms with Crippen LogP contribution in [0, 0.1) is 0 Å². The van der Waals surface area contributed by atoms with Gasteiger partial charge in [0, 0.05) is 10.4 Å². The van der Waals surface area contributed by atoms with Crippen LogP contribution < -0.4 is 4.74 Å². The third-order valence-electron chi connectivity index (χ3n) is 3.82. The second-order valence-electron chi connectivity index (χ2n) is 4.91. The average Bonchev–Trinajstić information content (AvgIpc) is 3.13. The van der Waals surface area contributed by atoms with E-state index in [4.69, 9.17) is 4.74 Å². The Morgan fingerprint density at radius 2 is 1.95 bits per heavy atom. The van der Waals surface area contributed by atoms with Crippen LogP contribution in [0.15, 0.2) is 53.9 Å². The fourth-order valence-electron chi connectivity index (χ4n) is 2.96. The molecule has 1 aliphatic rings. The Balaban J connectivity index is 2.01. The molecule has 0 N–H and O–H groups in total. The minimum absolute atomic E-state index is 0.00796. The van der Waals surface area contributed by atoms with Crippen molar-refractivity contribution in [3.8, 4) is 5.75 Å². The predicted molar refractivity (Wildman–Crippen MR) is 80.6 cm³/mol. The summed E-state index contributed by atoms with van der Waals surface area (Å²) < 4.78 is 5.84. The van der Waals surface area contributed by atoms with E-state index in [1.807, 2.05) is 35.7 Å². The van der Waals surface area contributed by atoms with Gasteiger partial charge in [0.05, 0.1) is 5.92 Å². The molecular weight excluding hydrogens is 268 g/mol. The molecule has 0 spiro atoms. The van der Waals surface area contributed by atoms with E-state index in [0.717, 1.165) is 17.6 Å². The van der Waals surface area contributed by atoms with Crippen LogP contribution >= 0.6 is 11.3 Å². The Bertz CT molecular complexity index is 777. The van der Waals surface area contributed by atoms with Crippen molar-refractivity contribution < 1.29 is 9.53 Å². The summed E-state index contributed by atoms with van der Waals surface area (Å²) in [5.41, 5.74) is 1.14. The SMILES string of the molecule is O=CC1Oc2ccc3ccccc3c2C1c1cccs1. The summed E-state index contributed by atoms with van der Waals surface area (Å²) in [6.45, 7) is 0. The number of hydrogen-bond acceptors (Lipinski definition) is 3. The van der Waals surface area contributed by atoms with Crippen LogP contribution in [-0.4, -0.2) is 12.4 Å². The lowest BCUT2D eigenvalue weighted by Gasteiger charge is -2.13. The number of benzene rings is 2. The largest absolute Gasteiger partial charge is 0.482 e. The molecule has 1 aromatic heterocycles. The molecule has 0 aliphatic carbocycles. The second kappa shape index (κ2) is 4.46. The van der Waals surface area contributed by atoms with Gasteiger partial charge in [-0.15, -0.1) is 11.3 Å². The highest BCUT2D eigenvalue weighted by molar-refractivity contribution is 7.10.